The quantitative estimate of drug-likeness (QED) is 0.367. The van der Waals surface area contributed by atoms with Gasteiger partial charge in [0.2, 0.25) is 5.96 Å². The molecule has 0 aliphatic heterocycles. The zero-order chi connectivity index (χ0) is 14.3. The van der Waals surface area contributed by atoms with Crippen molar-refractivity contribution in [3.05, 3.63) is 29.8 Å². The summed E-state index contributed by atoms with van der Waals surface area (Å²) in [7, 11) is 3.62. The second kappa shape index (κ2) is 7.63. The molecule has 0 unspecified atom stereocenters. The Balaban J connectivity index is 2.70. The number of hydrogen-bond acceptors (Lipinski definition) is 3. The second-order valence-corrected chi connectivity index (χ2v) is 4.91. The Bertz CT molecular complexity index is 418. The number of guanidine groups is 1. The molecule has 0 aliphatic carbocycles. The van der Waals surface area contributed by atoms with Gasteiger partial charge in [0.1, 0.15) is 5.75 Å². The van der Waals surface area contributed by atoms with Crippen LogP contribution >= 0.6 is 0 Å². The Morgan fingerprint density at radius 1 is 1.47 bits per heavy atom. The Hall–Kier alpha value is -1.75. The third-order valence-electron chi connectivity index (χ3n) is 2.65. The predicted molar refractivity (Wildman–Crippen MR) is 78.9 cm³/mol. The van der Waals surface area contributed by atoms with Gasteiger partial charge in [-0.15, -0.1) is 0 Å². The van der Waals surface area contributed by atoms with Crippen molar-refractivity contribution < 1.29 is 4.74 Å². The van der Waals surface area contributed by atoms with Crippen molar-refractivity contribution in [3.63, 3.8) is 0 Å². The van der Waals surface area contributed by atoms with Crippen LogP contribution in [-0.4, -0.2) is 31.6 Å². The third-order valence-corrected chi connectivity index (χ3v) is 2.65. The van der Waals surface area contributed by atoms with E-state index in [4.69, 9.17) is 10.6 Å². The summed E-state index contributed by atoms with van der Waals surface area (Å²) in [5.41, 5.74) is 3.80. The van der Waals surface area contributed by atoms with Crippen LogP contribution in [0.5, 0.6) is 5.75 Å². The number of hydrogen-bond donors (Lipinski definition) is 2. The molecule has 19 heavy (non-hydrogen) atoms. The van der Waals surface area contributed by atoms with Crippen molar-refractivity contribution in [2.45, 2.75) is 20.4 Å². The third kappa shape index (κ3) is 5.18. The maximum atomic E-state index is 5.52. The average Bonchev–Trinajstić information content (AvgIpc) is 2.39. The number of benzene rings is 1. The molecule has 0 atom stereocenters. The van der Waals surface area contributed by atoms with Crippen LogP contribution in [0.15, 0.2) is 29.3 Å². The van der Waals surface area contributed by atoms with E-state index in [1.54, 1.807) is 7.11 Å². The van der Waals surface area contributed by atoms with Gasteiger partial charge in [0.25, 0.3) is 0 Å². The van der Waals surface area contributed by atoms with Gasteiger partial charge in [0.15, 0.2) is 0 Å². The summed E-state index contributed by atoms with van der Waals surface area (Å²) < 4.78 is 5.21. The molecule has 0 fully saturated rings. The lowest BCUT2D eigenvalue weighted by Gasteiger charge is -2.21. The second-order valence-electron chi connectivity index (χ2n) is 4.91. The molecular formula is C14H24N4O. The molecule has 0 bridgehead atoms. The number of nitrogens with zero attached hydrogens (tertiary/aromatic N) is 2. The highest BCUT2D eigenvalue weighted by Crippen LogP contribution is 2.13. The largest absolute Gasteiger partial charge is 0.497 e. The van der Waals surface area contributed by atoms with E-state index in [-0.39, 0.29) is 0 Å². The van der Waals surface area contributed by atoms with Crippen molar-refractivity contribution in [2.75, 3.05) is 20.7 Å². The molecule has 0 saturated heterocycles. The average molecular weight is 264 g/mol. The molecule has 106 valence electrons. The monoisotopic (exact) mass is 264 g/mol. The number of nitrogens with two attached hydrogens (primary N) is 1. The lowest BCUT2D eigenvalue weighted by atomic mass is 10.2. The van der Waals surface area contributed by atoms with Crippen LogP contribution in [0.1, 0.15) is 19.4 Å². The number of hydrazine groups is 1. The van der Waals surface area contributed by atoms with Crippen molar-refractivity contribution >= 4 is 5.96 Å². The van der Waals surface area contributed by atoms with Crippen molar-refractivity contribution in [3.8, 4) is 5.75 Å². The zero-order valence-electron chi connectivity index (χ0n) is 12.2. The fourth-order valence-corrected chi connectivity index (χ4v) is 1.67. The molecule has 5 nitrogen and oxygen atoms in total. The summed E-state index contributed by atoms with van der Waals surface area (Å²) in [5, 5.41) is 0. The highest BCUT2D eigenvalue weighted by Gasteiger charge is 2.06. The van der Waals surface area contributed by atoms with E-state index in [1.807, 2.05) is 30.1 Å². The van der Waals surface area contributed by atoms with Crippen LogP contribution in [0, 0.1) is 5.92 Å². The molecule has 0 aromatic heterocycles. The molecule has 1 aromatic carbocycles. The van der Waals surface area contributed by atoms with Crippen LogP contribution in [0.2, 0.25) is 0 Å². The fourth-order valence-electron chi connectivity index (χ4n) is 1.67. The highest BCUT2D eigenvalue weighted by molar-refractivity contribution is 5.79. The molecule has 5 heteroatoms. The molecule has 0 radical (unpaired) electrons. The number of methoxy groups -OCH3 is 1. The van der Waals surface area contributed by atoms with E-state index in [1.165, 1.54) is 0 Å². The smallest absolute Gasteiger partial charge is 0.208 e. The topological polar surface area (TPSA) is 62.9 Å². The van der Waals surface area contributed by atoms with Gasteiger partial charge < -0.3 is 9.64 Å². The Kier molecular flexibility index (Phi) is 6.15. The first kappa shape index (κ1) is 15.3. The van der Waals surface area contributed by atoms with Crippen LogP contribution in [-0.2, 0) is 6.54 Å². The first-order chi connectivity index (χ1) is 9.06. The fraction of sp³-hybridized carbons (Fsp3) is 0.500. The SMILES string of the molecule is COc1cccc(CN(C)C(=NCC(C)C)NN)c1. The van der Waals surface area contributed by atoms with E-state index in [0.29, 0.717) is 11.9 Å². The molecule has 0 aliphatic rings. The minimum absolute atomic E-state index is 0.508. The van der Waals surface area contributed by atoms with Crippen LogP contribution in [0.3, 0.4) is 0 Å². The van der Waals surface area contributed by atoms with Gasteiger partial charge in [-0.05, 0) is 23.6 Å². The van der Waals surface area contributed by atoms with Crippen molar-refractivity contribution in [1.82, 2.24) is 10.3 Å². The summed E-state index contributed by atoms with van der Waals surface area (Å²) in [6, 6.07) is 7.96. The van der Waals surface area contributed by atoms with E-state index in [0.717, 1.165) is 24.4 Å². The molecule has 0 heterocycles. The summed E-state index contributed by atoms with van der Waals surface area (Å²) >= 11 is 0. The summed E-state index contributed by atoms with van der Waals surface area (Å²) in [6.07, 6.45) is 0. The van der Waals surface area contributed by atoms with Gasteiger partial charge in [0.05, 0.1) is 7.11 Å². The minimum Gasteiger partial charge on any atom is -0.497 e. The molecule has 0 spiro atoms. The van der Waals surface area contributed by atoms with Gasteiger partial charge in [0, 0.05) is 20.1 Å². The summed E-state index contributed by atoms with van der Waals surface area (Å²) in [5.74, 6) is 7.58. The van der Waals surface area contributed by atoms with Crippen molar-refractivity contribution in [1.29, 1.82) is 0 Å². The summed E-state index contributed by atoms with van der Waals surface area (Å²) in [4.78, 5) is 6.44. The van der Waals surface area contributed by atoms with E-state index >= 15 is 0 Å². The lowest BCUT2D eigenvalue weighted by molar-refractivity contribution is 0.412. The molecule has 0 amide bonds. The van der Waals surface area contributed by atoms with Gasteiger partial charge >= 0.3 is 0 Å². The highest BCUT2D eigenvalue weighted by atomic mass is 16.5. The predicted octanol–water partition coefficient (Wildman–Crippen LogP) is 1.60. The van der Waals surface area contributed by atoms with Crippen LogP contribution in [0.4, 0.5) is 0 Å². The zero-order valence-corrected chi connectivity index (χ0v) is 12.2. The molecule has 0 saturated carbocycles. The van der Waals surface area contributed by atoms with E-state index in [9.17, 15) is 0 Å². The minimum atomic E-state index is 0.508. The standard InChI is InChI=1S/C14H24N4O/c1-11(2)9-16-14(17-15)18(3)10-12-6-5-7-13(8-12)19-4/h5-8,11H,9-10,15H2,1-4H3,(H,16,17). The van der Waals surface area contributed by atoms with Gasteiger partial charge in [-0.3, -0.25) is 10.4 Å². The maximum Gasteiger partial charge on any atom is 0.208 e. The summed E-state index contributed by atoms with van der Waals surface area (Å²) in [6.45, 7) is 5.72. The number of rotatable bonds is 5. The van der Waals surface area contributed by atoms with Crippen LogP contribution in [0.25, 0.3) is 0 Å². The van der Waals surface area contributed by atoms with Crippen LogP contribution < -0.4 is 16.0 Å². The number of ether oxygens (including phenoxy) is 1. The lowest BCUT2D eigenvalue weighted by Crippen LogP contribution is -2.42. The Morgan fingerprint density at radius 3 is 2.79 bits per heavy atom. The van der Waals surface area contributed by atoms with E-state index < -0.39 is 0 Å². The Morgan fingerprint density at radius 2 is 2.21 bits per heavy atom. The molecule has 3 N–H and O–H groups in total. The van der Waals surface area contributed by atoms with Gasteiger partial charge in [-0.25, -0.2) is 5.84 Å². The van der Waals surface area contributed by atoms with Gasteiger partial charge in [-0.1, -0.05) is 26.0 Å². The molecular weight excluding hydrogens is 240 g/mol. The number of nitrogens with one attached hydrogen (secondary N) is 1. The maximum absolute atomic E-state index is 5.52. The first-order valence-electron chi connectivity index (χ1n) is 6.42. The molecule has 1 rings (SSSR count). The Labute approximate surface area is 115 Å². The molecule has 1 aromatic rings. The number of aliphatic imine (C=N–C) groups is 1. The van der Waals surface area contributed by atoms with E-state index in [2.05, 4.69) is 30.3 Å². The van der Waals surface area contributed by atoms with Crippen molar-refractivity contribution in [2.24, 2.45) is 16.8 Å². The first-order valence-corrected chi connectivity index (χ1v) is 6.42. The normalized spacial score (nSPS) is 11.6. The van der Waals surface area contributed by atoms with Gasteiger partial charge in [-0.2, -0.15) is 0 Å².